The molecule has 0 saturated heterocycles. The van der Waals surface area contributed by atoms with E-state index < -0.39 is 0 Å². The van der Waals surface area contributed by atoms with Crippen molar-refractivity contribution in [1.29, 1.82) is 0 Å². The zero-order valence-electron chi connectivity index (χ0n) is 10.9. The highest BCUT2D eigenvalue weighted by Crippen LogP contribution is 2.32. The van der Waals surface area contributed by atoms with Crippen LogP contribution in [-0.2, 0) is 4.79 Å². The SMILES string of the molecule is COc1ccc(C(=O)C2=C(Br)CC(C)CC2=O)cc1. The van der Waals surface area contributed by atoms with Gasteiger partial charge in [0.1, 0.15) is 5.75 Å². The number of carbonyl (C=O) groups excluding carboxylic acids is 2. The predicted molar refractivity (Wildman–Crippen MR) is 76.7 cm³/mol. The van der Waals surface area contributed by atoms with Crippen molar-refractivity contribution in [2.45, 2.75) is 19.8 Å². The number of hydrogen-bond acceptors (Lipinski definition) is 3. The van der Waals surface area contributed by atoms with Crippen molar-refractivity contribution in [3.05, 3.63) is 39.9 Å². The Balaban J connectivity index is 2.32. The van der Waals surface area contributed by atoms with E-state index in [0.29, 0.717) is 23.3 Å². The quantitative estimate of drug-likeness (QED) is 0.631. The van der Waals surface area contributed by atoms with Gasteiger partial charge < -0.3 is 4.74 Å². The summed E-state index contributed by atoms with van der Waals surface area (Å²) in [5, 5.41) is 0. The number of Topliss-reactive ketones (excluding diaryl/α,β-unsaturated/α-hetero) is 2. The molecule has 1 unspecified atom stereocenters. The second kappa shape index (κ2) is 5.70. The Morgan fingerprint density at radius 1 is 1.26 bits per heavy atom. The molecule has 0 amide bonds. The van der Waals surface area contributed by atoms with E-state index in [-0.39, 0.29) is 17.5 Å². The summed E-state index contributed by atoms with van der Waals surface area (Å²) < 4.78 is 5.77. The van der Waals surface area contributed by atoms with Gasteiger partial charge in [-0.05, 0) is 36.6 Å². The number of benzene rings is 1. The molecule has 1 aliphatic rings. The molecule has 0 aromatic heterocycles. The Morgan fingerprint density at radius 2 is 1.89 bits per heavy atom. The van der Waals surface area contributed by atoms with Crippen LogP contribution in [0.1, 0.15) is 30.1 Å². The van der Waals surface area contributed by atoms with Crippen LogP contribution in [0, 0.1) is 5.92 Å². The molecule has 100 valence electrons. The predicted octanol–water partition coefficient (Wildman–Crippen LogP) is 3.53. The average molecular weight is 323 g/mol. The molecule has 0 aliphatic heterocycles. The summed E-state index contributed by atoms with van der Waals surface area (Å²) in [6.45, 7) is 2.01. The lowest BCUT2D eigenvalue weighted by Crippen LogP contribution is -2.21. The van der Waals surface area contributed by atoms with Gasteiger partial charge in [-0.2, -0.15) is 0 Å². The maximum absolute atomic E-state index is 12.4. The Hall–Kier alpha value is -1.42. The molecule has 1 aromatic rings. The van der Waals surface area contributed by atoms with Gasteiger partial charge in [-0.15, -0.1) is 0 Å². The fraction of sp³-hybridized carbons (Fsp3) is 0.333. The van der Waals surface area contributed by atoms with Crippen LogP contribution in [0.15, 0.2) is 34.3 Å². The fourth-order valence-electron chi connectivity index (χ4n) is 2.19. The van der Waals surface area contributed by atoms with E-state index in [1.807, 2.05) is 6.92 Å². The summed E-state index contributed by atoms with van der Waals surface area (Å²) in [6, 6.07) is 6.80. The van der Waals surface area contributed by atoms with Gasteiger partial charge in [-0.25, -0.2) is 0 Å². The third-order valence-corrected chi connectivity index (χ3v) is 3.91. The minimum Gasteiger partial charge on any atom is -0.497 e. The Labute approximate surface area is 120 Å². The number of ether oxygens (including phenoxy) is 1. The molecule has 1 aromatic carbocycles. The number of halogens is 1. The van der Waals surface area contributed by atoms with Crippen LogP contribution < -0.4 is 4.74 Å². The van der Waals surface area contributed by atoms with E-state index in [9.17, 15) is 9.59 Å². The topological polar surface area (TPSA) is 43.4 Å². The minimum absolute atomic E-state index is 0.0774. The number of carbonyl (C=O) groups is 2. The third-order valence-electron chi connectivity index (χ3n) is 3.19. The maximum atomic E-state index is 12.4. The van der Waals surface area contributed by atoms with E-state index in [0.717, 1.165) is 10.9 Å². The molecule has 1 aliphatic carbocycles. The van der Waals surface area contributed by atoms with E-state index in [1.54, 1.807) is 31.4 Å². The second-order valence-corrected chi connectivity index (χ2v) is 5.73. The fourth-order valence-corrected chi connectivity index (χ4v) is 3.14. The summed E-state index contributed by atoms with van der Waals surface area (Å²) in [4.78, 5) is 24.4. The number of allylic oxidation sites excluding steroid dienone is 2. The number of methoxy groups -OCH3 is 1. The van der Waals surface area contributed by atoms with Gasteiger partial charge in [0.05, 0.1) is 12.7 Å². The molecule has 0 saturated carbocycles. The van der Waals surface area contributed by atoms with Crippen LogP contribution in [0.3, 0.4) is 0 Å². The molecule has 4 heteroatoms. The molecule has 0 radical (unpaired) electrons. The van der Waals surface area contributed by atoms with Crippen LogP contribution >= 0.6 is 15.9 Å². The lowest BCUT2D eigenvalue weighted by molar-refractivity contribution is -0.116. The van der Waals surface area contributed by atoms with Gasteiger partial charge in [-0.1, -0.05) is 22.9 Å². The number of rotatable bonds is 3. The van der Waals surface area contributed by atoms with E-state index >= 15 is 0 Å². The molecule has 3 nitrogen and oxygen atoms in total. The lowest BCUT2D eigenvalue weighted by atomic mass is 9.86. The van der Waals surface area contributed by atoms with Gasteiger partial charge in [0.2, 0.25) is 0 Å². The van der Waals surface area contributed by atoms with Gasteiger partial charge in [0.25, 0.3) is 0 Å². The molecule has 19 heavy (non-hydrogen) atoms. The summed E-state index contributed by atoms with van der Waals surface area (Å²) in [7, 11) is 1.57. The van der Waals surface area contributed by atoms with Gasteiger partial charge in [0.15, 0.2) is 11.6 Å². The van der Waals surface area contributed by atoms with Crippen LogP contribution in [0.5, 0.6) is 5.75 Å². The van der Waals surface area contributed by atoms with Crippen LogP contribution in [0.25, 0.3) is 0 Å². The Morgan fingerprint density at radius 3 is 2.42 bits per heavy atom. The van der Waals surface area contributed by atoms with E-state index in [1.165, 1.54) is 0 Å². The summed E-state index contributed by atoms with van der Waals surface area (Å²) in [6.07, 6.45) is 1.18. The molecular weight excluding hydrogens is 308 g/mol. The lowest BCUT2D eigenvalue weighted by Gasteiger charge is -2.19. The Bertz CT molecular complexity index is 543. The molecule has 1 atom stereocenters. The average Bonchev–Trinajstić information content (AvgIpc) is 2.37. The molecule has 2 rings (SSSR count). The first-order chi connectivity index (χ1) is 9.02. The Kier molecular flexibility index (Phi) is 4.20. The van der Waals surface area contributed by atoms with E-state index in [2.05, 4.69) is 15.9 Å². The first kappa shape index (κ1) is 14.0. The monoisotopic (exact) mass is 322 g/mol. The summed E-state index contributed by atoms with van der Waals surface area (Å²) in [5.41, 5.74) is 0.805. The minimum atomic E-state index is -0.216. The third kappa shape index (κ3) is 2.95. The highest BCUT2D eigenvalue weighted by atomic mass is 79.9. The first-order valence-corrected chi connectivity index (χ1v) is 6.92. The number of ketones is 2. The van der Waals surface area contributed by atoms with Crippen molar-refractivity contribution in [3.8, 4) is 5.75 Å². The van der Waals surface area contributed by atoms with Gasteiger partial charge in [-0.3, -0.25) is 9.59 Å². The van der Waals surface area contributed by atoms with Crippen LogP contribution in [0.2, 0.25) is 0 Å². The molecule has 0 N–H and O–H groups in total. The van der Waals surface area contributed by atoms with Gasteiger partial charge >= 0.3 is 0 Å². The van der Waals surface area contributed by atoms with Crippen molar-refractivity contribution in [2.24, 2.45) is 5.92 Å². The second-order valence-electron chi connectivity index (χ2n) is 4.77. The van der Waals surface area contributed by atoms with Crippen LogP contribution in [0.4, 0.5) is 0 Å². The summed E-state index contributed by atoms with van der Waals surface area (Å²) in [5.74, 6) is 0.681. The van der Waals surface area contributed by atoms with E-state index in [4.69, 9.17) is 4.74 Å². The molecule has 0 bridgehead atoms. The normalized spacial score (nSPS) is 19.5. The highest BCUT2D eigenvalue weighted by Gasteiger charge is 2.29. The molecule has 0 heterocycles. The molecule has 0 fully saturated rings. The smallest absolute Gasteiger partial charge is 0.197 e. The van der Waals surface area contributed by atoms with Crippen molar-refractivity contribution >= 4 is 27.5 Å². The molecular formula is C15H15BrO3. The van der Waals surface area contributed by atoms with Crippen molar-refractivity contribution in [3.63, 3.8) is 0 Å². The van der Waals surface area contributed by atoms with Crippen molar-refractivity contribution < 1.29 is 14.3 Å². The van der Waals surface area contributed by atoms with Gasteiger partial charge in [0, 0.05) is 16.5 Å². The zero-order valence-corrected chi connectivity index (χ0v) is 12.5. The van der Waals surface area contributed by atoms with Crippen LogP contribution in [-0.4, -0.2) is 18.7 Å². The first-order valence-electron chi connectivity index (χ1n) is 6.13. The largest absolute Gasteiger partial charge is 0.497 e. The standard InChI is InChI=1S/C15H15BrO3/c1-9-7-12(16)14(13(17)8-9)15(18)10-3-5-11(19-2)6-4-10/h3-6,9H,7-8H2,1-2H3. The maximum Gasteiger partial charge on any atom is 0.197 e. The summed E-state index contributed by atoms with van der Waals surface area (Å²) >= 11 is 3.37. The number of hydrogen-bond donors (Lipinski definition) is 0. The van der Waals surface area contributed by atoms with Crippen molar-refractivity contribution in [1.82, 2.24) is 0 Å². The van der Waals surface area contributed by atoms with Crippen molar-refractivity contribution in [2.75, 3.05) is 7.11 Å². The molecule has 0 spiro atoms. The zero-order chi connectivity index (χ0) is 14.0. The highest BCUT2D eigenvalue weighted by molar-refractivity contribution is 9.11.